The number of carbonyl (C=O) groups is 1. The zero-order valence-corrected chi connectivity index (χ0v) is 11.3. The van der Waals surface area contributed by atoms with Crippen LogP contribution in [-0.4, -0.2) is 23.7 Å². The number of aliphatic hydroxyl groups excluding tert-OH is 1. The Kier molecular flexibility index (Phi) is 5.33. The molecular formula is C17H19NO2. The third kappa shape index (κ3) is 4.52. The van der Waals surface area contributed by atoms with Crippen molar-refractivity contribution in [3.05, 3.63) is 71.8 Å². The van der Waals surface area contributed by atoms with Gasteiger partial charge in [-0.3, -0.25) is 4.79 Å². The van der Waals surface area contributed by atoms with Gasteiger partial charge in [-0.25, -0.2) is 0 Å². The second-order valence-corrected chi connectivity index (χ2v) is 4.80. The van der Waals surface area contributed by atoms with Crippen LogP contribution in [0, 0.1) is 0 Å². The molecule has 2 N–H and O–H groups in total. The predicted molar refractivity (Wildman–Crippen MR) is 79.3 cm³/mol. The van der Waals surface area contributed by atoms with Crippen molar-refractivity contribution in [1.29, 1.82) is 0 Å². The molecule has 104 valence electrons. The van der Waals surface area contributed by atoms with E-state index >= 15 is 0 Å². The zero-order valence-electron chi connectivity index (χ0n) is 11.3. The summed E-state index contributed by atoms with van der Waals surface area (Å²) in [6.45, 7) is -0.0601. The molecule has 20 heavy (non-hydrogen) atoms. The van der Waals surface area contributed by atoms with Crippen molar-refractivity contribution >= 4 is 5.91 Å². The minimum Gasteiger partial charge on any atom is -0.394 e. The summed E-state index contributed by atoms with van der Waals surface area (Å²) in [4.78, 5) is 11.9. The van der Waals surface area contributed by atoms with Gasteiger partial charge in [0.25, 0.3) is 0 Å². The van der Waals surface area contributed by atoms with Gasteiger partial charge in [-0.2, -0.15) is 0 Å². The van der Waals surface area contributed by atoms with E-state index in [1.807, 2.05) is 60.7 Å². The summed E-state index contributed by atoms with van der Waals surface area (Å²) < 4.78 is 0. The summed E-state index contributed by atoms with van der Waals surface area (Å²) in [6, 6.07) is 19.2. The molecule has 1 atom stereocenters. The normalized spacial score (nSPS) is 11.8. The Morgan fingerprint density at radius 1 is 0.950 bits per heavy atom. The van der Waals surface area contributed by atoms with Crippen molar-refractivity contribution in [2.24, 2.45) is 0 Å². The second kappa shape index (κ2) is 7.46. The lowest BCUT2D eigenvalue weighted by Gasteiger charge is -2.16. The van der Waals surface area contributed by atoms with Crippen LogP contribution in [0.25, 0.3) is 0 Å². The van der Waals surface area contributed by atoms with Crippen LogP contribution in [-0.2, 0) is 17.6 Å². The first-order chi connectivity index (χ1) is 9.78. The van der Waals surface area contributed by atoms with Gasteiger partial charge >= 0.3 is 0 Å². The van der Waals surface area contributed by atoms with Crippen LogP contribution in [0.3, 0.4) is 0 Å². The quantitative estimate of drug-likeness (QED) is 0.842. The smallest absolute Gasteiger partial charge is 0.224 e. The highest BCUT2D eigenvalue weighted by Crippen LogP contribution is 2.04. The maximum Gasteiger partial charge on any atom is 0.224 e. The molecule has 2 aromatic rings. The number of benzene rings is 2. The molecule has 0 saturated carbocycles. The Bertz CT molecular complexity index is 525. The number of nitrogens with one attached hydrogen (secondary N) is 1. The highest BCUT2D eigenvalue weighted by atomic mass is 16.3. The highest BCUT2D eigenvalue weighted by molar-refractivity contribution is 5.78. The summed E-state index contributed by atoms with van der Waals surface area (Å²) in [5.74, 6) is -0.0637. The molecule has 0 aromatic heterocycles. The summed E-state index contributed by atoms with van der Waals surface area (Å²) in [6.07, 6.45) is 0.976. The Hall–Kier alpha value is -2.13. The van der Waals surface area contributed by atoms with Crippen molar-refractivity contribution in [2.75, 3.05) is 6.61 Å². The maximum absolute atomic E-state index is 11.9. The standard InChI is InChI=1S/C17H19NO2/c19-13-16(11-14-7-3-1-4-8-14)18-17(20)12-15-9-5-2-6-10-15/h1-10,16,19H,11-13H2,(H,18,20). The molecule has 1 unspecified atom stereocenters. The van der Waals surface area contributed by atoms with Crippen LogP contribution in [0.4, 0.5) is 0 Å². The number of rotatable bonds is 6. The number of hydrogen-bond donors (Lipinski definition) is 2. The van der Waals surface area contributed by atoms with Crippen molar-refractivity contribution < 1.29 is 9.90 Å². The molecule has 2 rings (SSSR count). The first-order valence-corrected chi connectivity index (χ1v) is 6.76. The van der Waals surface area contributed by atoms with Crippen LogP contribution in [0.5, 0.6) is 0 Å². The zero-order chi connectivity index (χ0) is 14.2. The maximum atomic E-state index is 11.9. The van der Waals surface area contributed by atoms with Gasteiger partial charge in [0.2, 0.25) is 5.91 Å². The largest absolute Gasteiger partial charge is 0.394 e. The van der Waals surface area contributed by atoms with Gasteiger partial charge in [0.05, 0.1) is 19.1 Å². The second-order valence-electron chi connectivity index (χ2n) is 4.80. The fraction of sp³-hybridized carbons (Fsp3) is 0.235. The fourth-order valence-corrected chi connectivity index (χ4v) is 2.12. The van der Waals surface area contributed by atoms with E-state index in [1.165, 1.54) is 0 Å². The van der Waals surface area contributed by atoms with Gasteiger partial charge in [0, 0.05) is 0 Å². The van der Waals surface area contributed by atoms with E-state index in [4.69, 9.17) is 0 Å². The van der Waals surface area contributed by atoms with E-state index in [-0.39, 0.29) is 18.6 Å². The molecule has 3 heteroatoms. The van der Waals surface area contributed by atoms with E-state index in [2.05, 4.69) is 5.32 Å². The van der Waals surface area contributed by atoms with Crippen molar-refractivity contribution in [1.82, 2.24) is 5.32 Å². The molecule has 1 amide bonds. The van der Waals surface area contributed by atoms with E-state index in [9.17, 15) is 9.90 Å². The molecule has 0 bridgehead atoms. The van der Waals surface area contributed by atoms with E-state index in [0.717, 1.165) is 11.1 Å². The van der Waals surface area contributed by atoms with Crippen LogP contribution < -0.4 is 5.32 Å². The molecule has 0 aliphatic rings. The first kappa shape index (κ1) is 14.3. The third-order valence-corrected chi connectivity index (χ3v) is 3.12. The summed E-state index contributed by atoms with van der Waals surface area (Å²) in [5.41, 5.74) is 2.08. The molecule has 2 aromatic carbocycles. The van der Waals surface area contributed by atoms with E-state index < -0.39 is 0 Å². The lowest BCUT2D eigenvalue weighted by molar-refractivity contribution is -0.121. The molecule has 0 aliphatic heterocycles. The van der Waals surface area contributed by atoms with E-state index in [1.54, 1.807) is 0 Å². The molecule has 3 nitrogen and oxygen atoms in total. The average molecular weight is 269 g/mol. The van der Waals surface area contributed by atoms with Gasteiger partial charge in [-0.15, -0.1) is 0 Å². The van der Waals surface area contributed by atoms with Crippen LogP contribution in [0.2, 0.25) is 0 Å². The molecule has 0 spiro atoms. The van der Waals surface area contributed by atoms with Gasteiger partial charge in [0.1, 0.15) is 0 Å². The Morgan fingerprint density at radius 2 is 1.50 bits per heavy atom. The Morgan fingerprint density at radius 3 is 2.05 bits per heavy atom. The average Bonchev–Trinajstić information content (AvgIpc) is 2.48. The lowest BCUT2D eigenvalue weighted by Crippen LogP contribution is -2.39. The van der Waals surface area contributed by atoms with Crippen LogP contribution in [0.15, 0.2) is 60.7 Å². The molecule has 0 fully saturated rings. The Balaban J connectivity index is 1.88. The molecular weight excluding hydrogens is 250 g/mol. The molecule has 0 radical (unpaired) electrons. The van der Waals surface area contributed by atoms with Crippen LogP contribution >= 0.6 is 0 Å². The lowest BCUT2D eigenvalue weighted by atomic mass is 10.1. The van der Waals surface area contributed by atoms with Crippen molar-refractivity contribution in [2.45, 2.75) is 18.9 Å². The number of hydrogen-bond acceptors (Lipinski definition) is 2. The summed E-state index contributed by atoms with van der Waals surface area (Å²) in [7, 11) is 0. The monoisotopic (exact) mass is 269 g/mol. The van der Waals surface area contributed by atoms with Gasteiger partial charge in [-0.1, -0.05) is 60.7 Å². The number of amides is 1. The van der Waals surface area contributed by atoms with Crippen molar-refractivity contribution in [3.8, 4) is 0 Å². The van der Waals surface area contributed by atoms with Gasteiger partial charge in [0.15, 0.2) is 0 Å². The minimum absolute atomic E-state index is 0.0601. The minimum atomic E-state index is -0.242. The van der Waals surface area contributed by atoms with E-state index in [0.29, 0.717) is 12.8 Å². The third-order valence-electron chi connectivity index (χ3n) is 3.12. The molecule has 0 heterocycles. The van der Waals surface area contributed by atoms with Crippen LogP contribution in [0.1, 0.15) is 11.1 Å². The van der Waals surface area contributed by atoms with Crippen molar-refractivity contribution in [3.63, 3.8) is 0 Å². The topological polar surface area (TPSA) is 49.3 Å². The summed E-state index contributed by atoms with van der Waals surface area (Å²) >= 11 is 0. The first-order valence-electron chi connectivity index (χ1n) is 6.76. The van der Waals surface area contributed by atoms with Gasteiger partial charge < -0.3 is 10.4 Å². The predicted octanol–water partition coefficient (Wildman–Crippen LogP) is 1.95. The highest BCUT2D eigenvalue weighted by Gasteiger charge is 2.12. The SMILES string of the molecule is O=C(Cc1ccccc1)NC(CO)Cc1ccccc1. The summed E-state index contributed by atoms with van der Waals surface area (Å²) in [5, 5.41) is 12.3. The van der Waals surface area contributed by atoms with Gasteiger partial charge in [-0.05, 0) is 17.5 Å². The number of aliphatic hydroxyl groups is 1. The Labute approximate surface area is 119 Å². The fourth-order valence-electron chi connectivity index (χ4n) is 2.12. The number of carbonyl (C=O) groups excluding carboxylic acids is 1. The molecule has 0 saturated heterocycles. The molecule has 0 aliphatic carbocycles.